The lowest BCUT2D eigenvalue weighted by molar-refractivity contribution is -0.141. The Labute approximate surface area is 148 Å². The van der Waals surface area contributed by atoms with Gasteiger partial charge in [0, 0.05) is 43.7 Å². The molecule has 2 N–H and O–H groups in total. The van der Waals surface area contributed by atoms with Crippen molar-refractivity contribution in [2.45, 2.75) is 13.3 Å². The number of rotatable bonds is 4. The van der Waals surface area contributed by atoms with Crippen molar-refractivity contribution in [3.8, 4) is 0 Å². The molecule has 1 unspecified atom stereocenters. The third kappa shape index (κ3) is 5.37. The van der Waals surface area contributed by atoms with Crippen molar-refractivity contribution < 1.29 is 9.59 Å². The summed E-state index contributed by atoms with van der Waals surface area (Å²) in [4.78, 5) is 28.0. The van der Waals surface area contributed by atoms with Crippen LogP contribution in [-0.4, -0.2) is 54.3 Å². The molecule has 1 aromatic carbocycles. The average Bonchev–Trinajstić information content (AvgIpc) is 2.53. The first kappa shape index (κ1) is 19.7. The van der Waals surface area contributed by atoms with Crippen LogP contribution >= 0.6 is 24.0 Å². The molecule has 2 amide bonds. The molecule has 7 heteroatoms. The molecule has 2 rings (SSSR count). The van der Waals surface area contributed by atoms with Crippen LogP contribution in [0.3, 0.4) is 0 Å². The Morgan fingerprint density at radius 2 is 1.83 bits per heavy atom. The minimum atomic E-state index is -0.159. The fraction of sp³-hybridized carbons (Fsp3) is 0.500. The van der Waals surface area contributed by atoms with Gasteiger partial charge in [-0.25, -0.2) is 0 Å². The van der Waals surface area contributed by atoms with Gasteiger partial charge in [0.1, 0.15) is 0 Å². The Balaban J connectivity index is 0.00000264. The zero-order chi connectivity index (χ0) is 16.1. The molecule has 1 aliphatic heterocycles. The van der Waals surface area contributed by atoms with Gasteiger partial charge in [-0.05, 0) is 17.7 Å². The van der Waals surface area contributed by atoms with Crippen LogP contribution in [0.2, 0.25) is 5.02 Å². The number of amides is 2. The molecular formula is C16H23Cl2N3O2. The van der Waals surface area contributed by atoms with Crippen molar-refractivity contribution >= 4 is 35.8 Å². The summed E-state index contributed by atoms with van der Waals surface area (Å²) in [5, 5.41) is 0.636. The van der Waals surface area contributed by atoms with Crippen LogP contribution in [0.15, 0.2) is 24.3 Å². The number of hydrogen-bond donors (Lipinski definition) is 1. The van der Waals surface area contributed by atoms with Gasteiger partial charge in [0.05, 0.1) is 6.42 Å². The maximum absolute atomic E-state index is 12.3. The summed E-state index contributed by atoms with van der Waals surface area (Å²) in [6.07, 6.45) is 0.341. The van der Waals surface area contributed by atoms with Crippen LogP contribution in [0.1, 0.15) is 12.5 Å². The minimum Gasteiger partial charge on any atom is -0.339 e. The molecular weight excluding hydrogens is 337 g/mol. The molecule has 23 heavy (non-hydrogen) atoms. The van der Waals surface area contributed by atoms with Gasteiger partial charge >= 0.3 is 0 Å². The number of carbonyl (C=O) groups excluding carboxylic acids is 2. The predicted octanol–water partition coefficient (Wildman–Crippen LogP) is 1.57. The fourth-order valence-electron chi connectivity index (χ4n) is 2.52. The highest BCUT2D eigenvalue weighted by molar-refractivity contribution is 6.30. The third-order valence-electron chi connectivity index (χ3n) is 3.96. The minimum absolute atomic E-state index is 0. The Morgan fingerprint density at radius 3 is 2.39 bits per heavy atom. The summed E-state index contributed by atoms with van der Waals surface area (Å²) in [5.41, 5.74) is 6.44. The number of piperazine rings is 1. The van der Waals surface area contributed by atoms with Gasteiger partial charge in [-0.3, -0.25) is 9.59 Å². The number of nitrogens with two attached hydrogens (primary N) is 1. The molecule has 0 aliphatic carbocycles. The van der Waals surface area contributed by atoms with Crippen LogP contribution in [0, 0.1) is 5.92 Å². The second-order valence-corrected chi connectivity index (χ2v) is 6.09. The molecule has 0 aromatic heterocycles. The molecule has 1 fully saturated rings. The lowest BCUT2D eigenvalue weighted by atomic mass is 10.1. The number of nitrogens with zero attached hydrogens (tertiary/aromatic N) is 2. The Hall–Kier alpha value is -1.30. The maximum Gasteiger partial charge on any atom is 0.227 e. The van der Waals surface area contributed by atoms with Crippen molar-refractivity contribution in [1.29, 1.82) is 0 Å². The molecule has 1 atom stereocenters. The Morgan fingerprint density at radius 1 is 1.22 bits per heavy atom. The van der Waals surface area contributed by atoms with E-state index in [0.29, 0.717) is 44.2 Å². The summed E-state index contributed by atoms with van der Waals surface area (Å²) >= 11 is 5.93. The lowest BCUT2D eigenvalue weighted by Crippen LogP contribution is -2.52. The van der Waals surface area contributed by atoms with Gasteiger partial charge in [-0.1, -0.05) is 30.7 Å². The number of hydrogen-bond acceptors (Lipinski definition) is 3. The summed E-state index contributed by atoms with van der Waals surface area (Å²) in [6.45, 7) is 4.48. The Kier molecular flexibility index (Phi) is 7.82. The van der Waals surface area contributed by atoms with E-state index in [-0.39, 0.29) is 30.1 Å². The van der Waals surface area contributed by atoms with Crippen LogP contribution < -0.4 is 5.73 Å². The van der Waals surface area contributed by atoms with Gasteiger partial charge in [0.15, 0.2) is 0 Å². The first-order valence-corrected chi connectivity index (χ1v) is 7.90. The molecule has 1 saturated heterocycles. The fourth-order valence-corrected chi connectivity index (χ4v) is 2.73. The van der Waals surface area contributed by atoms with E-state index in [0.717, 1.165) is 5.56 Å². The van der Waals surface area contributed by atoms with E-state index in [1.165, 1.54) is 0 Å². The van der Waals surface area contributed by atoms with Crippen molar-refractivity contribution in [2.24, 2.45) is 11.7 Å². The van der Waals surface area contributed by atoms with E-state index < -0.39 is 0 Å². The van der Waals surface area contributed by atoms with E-state index in [2.05, 4.69) is 0 Å². The molecule has 128 valence electrons. The van der Waals surface area contributed by atoms with E-state index in [4.69, 9.17) is 17.3 Å². The molecule has 1 aliphatic rings. The van der Waals surface area contributed by atoms with Crippen molar-refractivity contribution in [1.82, 2.24) is 9.80 Å². The predicted molar refractivity (Wildman–Crippen MR) is 93.8 cm³/mol. The quantitative estimate of drug-likeness (QED) is 0.887. The highest BCUT2D eigenvalue weighted by Crippen LogP contribution is 2.13. The summed E-state index contributed by atoms with van der Waals surface area (Å²) < 4.78 is 0. The molecule has 1 heterocycles. The topological polar surface area (TPSA) is 66.6 Å². The van der Waals surface area contributed by atoms with E-state index in [1.807, 2.05) is 25.1 Å². The van der Waals surface area contributed by atoms with Crippen LogP contribution in [0.25, 0.3) is 0 Å². The van der Waals surface area contributed by atoms with E-state index in [9.17, 15) is 9.59 Å². The van der Waals surface area contributed by atoms with Gasteiger partial charge in [-0.15, -0.1) is 12.4 Å². The largest absolute Gasteiger partial charge is 0.339 e. The summed E-state index contributed by atoms with van der Waals surface area (Å²) in [6, 6.07) is 7.34. The molecule has 5 nitrogen and oxygen atoms in total. The van der Waals surface area contributed by atoms with Crippen LogP contribution in [0.5, 0.6) is 0 Å². The maximum atomic E-state index is 12.3. The Bertz CT molecular complexity index is 546. The standard InChI is InChI=1S/C16H22ClN3O2.ClH/c1-12(11-18)16(22)20-7-5-19(6-8-20)15(21)10-13-3-2-4-14(17)9-13;/h2-4,9,12H,5-8,10-11,18H2,1H3;1H. The van der Waals surface area contributed by atoms with Gasteiger partial charge in [0.25, 0.3) is 0 Å². The second-order valence-electron chi connectivity index (χ2n) is 5.65. The normalized spacial score (nSPS) is 15.8. The molecule has 0 spiro atoms. The van der Waals surface area contributed by atoms with Crippen molar-refractivity contribution in [3.63, 3.8) is 0 Å². The van der Waals surface area contributed by atoms with Gasteiger partial charge in [-0.2, -0.15) is 0 Å². The molecule has 0 radical (unpaired) electrons. The zero-order valence-corrected chi connectivity index (χ0v) is 14.8. The van der Waals surface area contributed by atoms with Crippen molar-refractivity contribution in [2.75, 3.05) is 32.7 Å². The van der Waals surface area contributed by atoms with E-state index >= 15 is 0 Å². The molecule has 0 saturated carbocycles. The molecule has 0 bridgehead atoms. The monoisotopic (exact) mass is 359 g/mol. The SMILES string of the molecule is CC(CN)C(=O)N1CCN(C(=O)Cc2cccc(Cl)c2)CC1.Cl. The van der Waals surface area contributed by atoms with Gasteiger partial charge in [0.2, 0.25) is 11.8 Å². The number of halogens is 2. The highest BCUT2D eigenvalue weighted by atomic mass is 35.5. The summed E-state index contributed by atoms with van der Waals surface area (Å²) in [7, 11) is 0. The zero-order valence-electron chi connectivity index (χ0n) is 13.2. The van der Waals surface area contributed by atoms with Crippen LogP contribution in [0.4, 0.5) is 0 Å². The highest BCUT2D eigenvalue weighted by Gasteiger charge is 2.26. The van der Waals surface area contributed by atoms with E-state index in [1.54, 1.807) is 15.9 Å². The molecule has 1 aromatic rings. The van der Waals surface area contributed by atoms with Crippen LogP contribution in [-0.2, 0) is 16.0 Å². The van der Waals surface area contributed by atoms with Gasteiger partial charge < -0.3 is 15.5 Å². The first-order valence-electron chi connectivity index (χ1n) is 7.52. The first-order chi connectivity index (χ1) is 10.5. The summed E-state index contributed by atoms with van der Waals surface area (Å²) in [5.74, 6) is -0.0145. The third-order valence-corrected chi connectivity index (χ3v) is 4.20. The lowest BCUT2D eigenvalue weighted by Gasteiger charge is -2.36. The smallest absolute Gasteiger partial charge is 0.227 e. The second kappa shape index (κ2) is 9.11. The number of carbonyl (C=O) groups is 2. The van der Waals surface area contributed by atoms with Crippen molar-refractivity contribution in [3.05, 3.63) is 34.9 Å². The average molecular weight is 360 g/mol. The number of benzene rings is 1.